The topological polar surface area (TPSA) is 32.3 Å². The van der Waals surface area contributed by atoms with Gasteiger partial charge >= 0.3 is 0 Å². The van der Waals surface area contributed by atoms with Crippen LogP contribution in [0.4, 0.5) is 5.69 Å². The molecule has 1 rings (SSSR count). The lowest BCUT2D eigenvalue weighted by Crippen LogP contribution is -2.34. The SMILES string of the molecule is CCNc1ccccc1C(=O)N(C)CC(C)(C)C. The largest absolute Gasteiger partial charge is 0.385 e. The predicted molar refractivity (Wildman–Crippen MR) is 77.0 cm³/mol. The third-order valence-corrected chi connectivity index (χ3v) is 2.58. The average Bonchev–Trinajstić information content (AvgIpc) is 2.27. The number of para-hydroxylation sites is 1. The van der Waals surface area contributed by atoms with Crippen LogP contribution in [0, 0.1) is 5.41 Å². The zero-order valence-electron chi connectivity index (χ0n) is 12.1. The number of carbonyl (C=O) groups excluding carboxylic acids is 1. The number of nitrogens with zero attached hydrogens (tertiary/aromatic N) is 1. The van der Waals surface area contributed by atoms with Crippen molar-refractivity contribution in [1.29, 1.82) is 0 Å². The van der Waals surface area contributed by atoms with Crippen molar-refractivity contribution in [2.45, 2.75) is 27.7 Å². The predicted octanol–water partition coefficient (Wildman–Crippen LogP) is 3.24. The van der Waals surface area contributed by atoms with Crippen molar-refractivity contribution in [3.8, 4) is 0 Å². The van der Waals surface area contributed by atoms with Crippen LogP contribution >= 0.6 is 0 Å². The summed E-state index contributed by atoms with van der Waals surface area (Å²) in [7, 11) is 1.86. The monoisotopic (exact) mass is 248 g/mol. The zero-order chi connectivity index (χ0) is 13.8. The number of hydrogen-bond donors (Lipinski definition) is 1. The molecular weight excluding hydrogens is 224 g/mol. The summed E-state index contributed by atoms with van der Waals surface area (Å²) in [5.41, 5.74) is 1.76. The van der Waals surface area contributed by atoms with Crippen LogP contribution in [0.15, 0.2) is 24.3 Å². The highest BCUT2D eigenvalue weighted by Gasteiger charge is 2.20. The average molecular weight is 248 g/mol. The first-order valence-corrected chi connectivity index (χ1v) is 6.43. The molecule has 0 heterocycles. The molecule has 0 saturated carbocycles. The molecule has 1 aromatic carbocycles. The smallest absolute Gasteiger partial charge is 0.255 e. The molecule has 1 N–H and O–H groups in total. The first-order valence-electron chi connectivity index (χ1n) is 6.43. The summed E-state index contributed by atoms with van der Waals surface area (Å²) in [6, 6.07) is 7.67. The summed E-state index contributed by atoms with van der Waals surface area (Å²) in [5, 5.41) is 3.23. The van der Waals surface area contributed by atoms with Crippen molar-refractivity contribution < 1.29 is 4.79 Å². The van der Waals surface area contributed by atoms with Gasteiger partial charge in [0.1, 0.15) is 0 Å². The van der Waals surface area contributed by atoms with Crippen molar-refractivity contribution in [2.24, 2.45) is 5.41 Å². The second-order valence-corrected chi connectivity index (χ2v) is 5.80. The van der Waals surface area contributed by atoms with Crippen LogP contribution in [0.5, 0.6) is 0 Å². The Hall–Kier alpha value is -1.51. The van der Waals surface area contributed by atoms with E-state index in [0.717, 1.165) is 24.3 Å². The number of amides is 1. The minimum atomic E-state index is 0.0708. The highest BCUT2D eigenvalue weighted by molar-refractivity contribution is 5.99. The normalized spacial score (nSPS) is 11.2. The Balaban J connectivity index is 2.89. The Kier molecular flexibility index (Phi) is 4.76. The van der Waals surface area contributed by atoms with Crippen molar-refractivity contribution in [3.63, 3.8) is 0 Å². The molecule has 100 valence electrons. The van der Waals surface area contributed by atoms with E-state index >= 15 is 0 Å². The molecule has 0 aliphatic rings. The van der Waals surface area contributed by atoms with E-state index < -0.39 is 0 Å². The molecule has 18 heavy (non-hydrogen) atoms. The van der Waals surface area contributed by atoms with Crippen LogP contribution in [0.1, 0.15) is 38.1 Å². The molecule has 3 heteroatoms. The molecule has 0 aliphatic heterocycles. The lowest BCUT2D eigenvalue weighted by molar-refractivity contribution is 0.0746. The van der Waals surface area contributed by atoms with Gasteiger partial charge in [-0.3, -0.25) is 4.79 Å². The van der Waals surface area contributed by atoms with Gasteiger partial charge < -0.3 is 10.2 Å². The number of carbonyl (C=O) groups is 1. The summed E-state index contributed by atoms with van der Waals surface area (Å²) < 4.78 is 0. The highest BCUT2D eigenvalue weighted by atomic mass is 16.2. The molecule has 0 bridgehead atoms. The molecule has 0 fully saturated rings. The fraction of sp³-hybridized carbons (Fsp3) is 0.533. The zero-order valence-corrected chi connectivity index (χ0v) is 12.1. The molecule has 1 aromatic rings. The van der Waals surface area contributed by atoms with Gasteiger partial charge in [0.25, 0.3) is 5.91 Å². The minimum absolute atomic E-state index is 0.0708. The van der Waals surface area contributed by atoms with Gasteiger partial charge in [0.15, 0.2) is 0 Å². The fourth-order valence-corrected chi connectivity index (χ4v) is 2.00. The van der Waals surface area contributed by atoms with E-state index in [-0.39, 0.29) is 11.3 Å². The van der Waals surface area contributed by atoms with Gasteiger partial charge in [0, 0.05) is 25.8 Å². The van der Waals surface area contributed by atoms with Crippen LogP contribution in [0.2, 0.25) is 0 Å². The molecule has 0 aromatic heterocycles. The van der Waals surface area contributed by atoms with E-state index in [1.54, 1.807) is 4.90 Å². The van der Waals surface area contributed by atoms with Gasteiger partial charge in [-0.15, -0.1) is 0 Å². The van der Waals surface area contributed by atoms with Crippen LogP contribution < -0.4 is 5.32 Å². The van der Waals surface area contributed by atoms with E-state index in [2.05, 4.69) is 26.1 Å². The molecule has 0 radical (unpaired) electrons. The second kappa shape index (κ2) is 5.89. The molecule has 0 spiro atoms. The molecule has 0 aliphatic carbocycles. The van der Waals surface area contributed by atoms with Gasteiger partial charge in [-0.1, -0.05) is 32.9 Å². The standard InChI is InChI=1S/C15H24N2O/c1-6-16-13-10-8-7-9-12(13)14(18)17(5)11-15(2,3)4/h7-10,16H,6,11H2,1-5H3. The third-order valence-electron chi connectivity index (χ3n) is 2.58. The van der Waals surface area contributed by atoms with Crippen molar-refractivity contribution in [3.05, 3.63) is 29.8 Å². The Morgan fingerprint density at radius 3 is 2.44 bits per heavy atom. The van der Waals surface area contributed by atoms with E-state index in [1.807, 2.05) is 38.2 Å². The van der Waals surface area contributed by atoms with Gasteiger partial charge in [0.2, 0.25) is 0 Å². The molecule has 1 amide bonds. The number of benzene rings is 1. The van der Waals surface area contributed by atoms with Gasteiger partial charge in [0.05, 0.1) is 5.56 Å². The quantitative estimate of drug-likeness (QED) is 0.887. The highest BCUT2D eigenvalue weighted by Crippen LogP contribution is 2.20. The molecule has 3 nitrogen and oxygen atoms in total. The van der Waals surface area contributed by atoms with Crippen molar-refractivity contribution in [1.82, 2.24) is 4.90 Å². The Labute approximate surface area is 110 Å². The number of rotatable bonds is 4. The summed E-state index contributed by atoms with van der Waals surface area (Å²) >= 11 is 0. The maximum absolute atomic E-state index is 12.4. The fourth-order valence-electron chi connectivity index (χ4n) is 2.00. The first kappa shape index (κ1) is 14.6. The molecule has 0 atom stereocenters. The Morgan fingerprint density at radius 2 is 1.89 bits per heavy atom. The van der Waals surface area contributed by atoms with E-state index in [4.69, 9.17) is 0 Å². The van der Waals surface area contributed by atoms with Crippen LogP contribution in [-0.2, 0) is 0 Å². The van der Waals surface area contributed by atoms with Gasteiger partial charge in [-0.25, -0.2) is 0 Å². The Bertz CT molecular complexity index is 407. The van der Waals surface area contributed by atoms with Crippen LogP contribution in [0.25, 0.3) is 0 Å². The first-order chi connectivity index (χ1) is 8.35. The van der Waals surface area contributed by atoms with Gasteiger partial charge in [-0.05, 0) is 24.5 Å². The summed E-state index contributed by atoms with van der Waals surface area (Å²) in [6.45, 7) is 9.98. The summed E-state index contributed by atoms with van der Waals surface area (Å²) in [4.78, 5) is 14.2. The lowest BCUT2D eigenvalue weighted by atomic mass is 9.96. The number of anilines is 1. The number of hydrogen-bond acceptors (Lipinski definition) is 2. The third kappa shape index (κ3) is 4.06. The second-order valence-electron chi connectivity index (χ2n) is 5.80. The molecular formula is C15H24N2O. The number of nitrogens with one attached hydrogen (secondary N) is 1. The van der Waals surface area contributed by atoms with Gasteiger partial charge in [-0.2, -0.15) is 0 Å². The summed E-state index contributed by atoms with van der Waals surface area (Å²) in [6.07, 6.45) is 0. The Morgan fingerprint density at radius 1 is 1.28 bits per heavy atom. The minimum Gasteiger partial charge on any atom is -0.385 e. The van der Waals surface area contributed by atoms with Crippen molar-refractivity contribution >= 4 is 11.6 Å². The maximum atomic E-state index is 12.4. The van der Waals surface area contributed by atoms with E-state index in [1.165, 1.54) is 0 Å². The van der Waals surface area contributed by atoms with Crippen LogP contribution in [-0.4, -0.2) is 30.9 Å². The van der Waals surface area contributed by atoms with E-state index in [0.29, 0.717) is 0 Å². The summed E-state index contributed by atoms with van der Waals surface area (Å²) in [5.74, 6) is 0.0708. The maximum Gasteiger partial charge on any atom is 0.255 e. The van der Waals surface area contributed by atoms with Crippen LogP contribution in [0.3, 0.4) is 0 Å². The molecule has 0 unspecified atom stereocenters. The van der Waals surface area contributed by atoms with E-state index in [9.17, 15) is 4.79 Å². The molecule has 0 saturated heterocycles. The lowest BCUT2D eigenvalue weighted by Gasteiger charge is -2.27. The van der Waals surface area contributed by atoms with Crippen molar-refractivity contribution in [2.75, 3.05) is 25.5 Å².